The molecule has 23 heavy (non-hydrogen) atoms. The monoisotopic (exact) mass is 348 g/mol. The molecule has 1 saturated carbocycles. The van der Waals surface area contributed by atoms with Crippen LogP contribution in [0.4, 0.5) is 0 Å². The zero-order valence-electron chi connectivity index (χ0n) is 13.4. The van der Waals surface area contributed by atoms with Crippen molar-refractivity contribution in [2.24, 2.45) is 5.92 Å². The van der Waals surface area contributed by atoms with Crippen LogP contribution < -0.4 is 0 Å². The van der Waals surface area contributed by atoms with E-state index in [0.29, 0.717) is 11.7 Å². The van der Waals surface area contributed by atoms with Gasteiger partial charge < -0.3 is 4.74 Å². The molecule has 2 aromatic heterocycles. The van der Waals surface area contributed by atoms with Crippen LogP contribution in [0.2, 0.25) is 0 Å². The minimum absolute atomic E-state index is 0.201. The first kappa shape index (κ1) is 15.4. The van der Waals surface area contributed by atoms with Gasteiger partial charge in [0.2, 0.25) is 0 Å². The van der Waals surface area contributed by atoms with Gasteiger partial charge in [-0.25, -0.2) is 9.97 Å². The minimum atomic E-state index is -0.201. The van der Waals surface area contributed by atoms with Crippen LogP contribution in [0.25, 0.3) is 10.2 Å². The molecule has 0 aromatic carbocycles. The highest BCUT2D eigenvalue weighted by Gasteiger charge is 2.30. The van der Waals surface area contributed by atoms with E-state index in [2.05, 4.69) is 6.92 Å². The molecule has 2 heterocycles. The van der Waals surface area contributed by atoms with Gasteiger partial charge in [0.05, 0.1) is 12.9 Å². The number of carbonyl (C=O) groups is 1. The Bertz CT molecular complexity index is 768. The lowest BCUT2D eigenvalue weighted by atomic mass is 9.89. The molecule has 0 radical (unpaired) electrons. The van der Waals surface area contributed by atoms with Crippen molar-refractivity contribution in [3.8, 4) is 0 Å². The number of aromatic nitrogens is 2. The molecule has 0 bridgehead atoms. The second kappa shape index (κ2) is 6.06. The molecule has 4 nitrogen and oxygen atoms in total. The Morgan fingerprint density at radius 2 is 2.17 bits per heavy atom. The number of nitrogens with zero attached hydrogens (tertiary/aromatic N) is 2. The number of fused-ring (bicyclic) bond motifs is 3. The summed E-state index contributed by atoms with van der Waals surface area (Å²) in [5, 5.41) is 2.18. The van der Waals surface area contributed by atoms with Gasteiger partial charge >= 0.3 is 5.97 Å². The van der Waals surface area contributed by atoms with Crippen LogP contribution in [0, 0.1) is 5.92 Å². The van der Waals surface area contributed by atoms with Gasteiger partial charge in [-0.15, -0.1) is 11.3 Å². The fraction of sp³-hybridized carbons (Fsp3) is 0.588. The summed E-state index contributed by atoms with van der Waals surface area (Å²) >= 11 is 3.34. The molecule has 0 aliphatic heterocycles. The van der Waals surface area contributed by atoms with Gasteiger partial charge in [-0.05, 0) is 43.6 Å². The standard InChI is InChI=1S/C17H20N2O2S2/c1-9-3-6-11-12(7-9)23-17-14(11)16(22-8-13(20)21-2)18-15(19-17)10-4-5-10/h9-10H,3-8H2,1-2H3/t9-/m1/s1. The average Bonchev–Trinajstić information content (AvgIpc) is 3.33. The third kappa shape index (κ3) is 2.98. The third-order valence-corrected chi connectivity index (χ3v) is 6.73. The van der Waals surface area contributed by atoms with Crippen molar-refractivity contribution in [2.75, 3.05) is 12.9 Å². The van der Waals surface area contributed by atoms with Crippen LogP contribution in [-0.4, -0.2) is 28.8 Å². The molecule has 1 fully saturated rings. The molecule has 0 N–H and O–H groups in total. The molecule has 6 heteroatoms. The number of hydrogen-bond donors (Lipinski definition) is 0. The van der Waals surface area contributed by atoms with E-state index in [1.807, 2.05) is 11.3 Å². The number of ether oxygens (including phenoxy) is 1. The van der Waals surface area contributed by atoms with Crippen LogP contribution in [0.15, 0.2) is 5.03 Å². The summed E-state index contributed by atoms with van der Waals surface area (Å²) in [4.78, 5) is 23.8. The number of thioether (sulfide) groups is 1. The summed E-state index contributed by atoms with van der Waals surface area (Å²) in [7, 11) is 1.43. The molecule has 2 aliphatic rings. The van der Waals surface area contributed by atoms with E-state index in [-0.39, 0.29) is 5.97 Å². The summed E-state index contributed by atoms with van der Waals surface area (Å²) in [5.41, 5.74) is 1.43. The van der Waals surface area contributed by atoms with E-state index >= 15 is 0 Å². The maximum absolute atomic E-state index is 11.5. The van der Waals surface area contributed by atoms with E-state index < -0.39 is 0 Å². The molecule has 122 valence electrons. The SMILES string of the molecule is COC(=O)CSc1nc(C2CC2)nc2sc3c(c12)CC[C@@H](C)C3. The Labute approximate surface area is 144 Å². The summed E-state index contributed by atoms with van der Waals surface area (Å²) in [5.74, 6) is 2.35. The predicted molar refractivity (Wildman–Crippen MR) is 93.3 cm³/mol. The topological polar surface area (TPSA) is 52.1 Å². The lowest BCUT2D eigenvalue weighted by molar-refractivity contribution is -0.137. The largest absolute Gasteiger partial charge is 0.468 e. The molecule has 0 amide bonds. The summed E-state index contributed by atoms with van der Waals surface area (Å²) in [6.45, 7) is 2.32. The quantitative estimate of drug-likeness (QED) is 0.475. The number of carbonyl (C=O) groups excluding carboxylic acids is 1. The second-order valence-electron chi connectivity index (χ2n) is 6.56. The zero-order chi connectivity index (χ0) is 16.0. The summed E-state index contributed by atoms with van der Waals surface area (Å²) in [6.07, 6.45) is 5.86. The van der Waals surface area contributed by atoms with E-state index in [0.717, 1.165) is 34.4 Å². The predicted octanol–water partition coefficient (Wildman–Crippen LogP) is 3.96. The molecule has 1 atom stereocenters. The highest BCUT2D eigenvalue weighted by Crippen LogP contribution is 2.44. The lowest BCUT2D eigenvalue weighted by Crippen LogP contribution is -2.09. The second-order valence-corrected chi connectivity index (χ2v) is 8.61. The number of aryl methyl sites for hydroxylation is 1. The number of esters is 1. The maximum atomic E-state index is 11.5. The van der Waals surface area contributed by atoms with Crippen LogP contribution in [0.3, 0.4) is 0 Å². The Hall–Kier alpha value is -1.14. The van der Waals surface area contributed by atoms with Crippen molar-refractivity contribution in [1.82, 2.24) is 9.97 Å². The average molecular weight is 348 g/mol. The fourth-order valence-electron chi connectivity index (χ4n) is 3.14. The Kier molecular flexibility index (Phi) is 4.05. The first-order chi connectivity index (χ1) is 11.2. The first-order valence-electron chi connectivity index (χ1n) is 8.17. The van der Waals surface area contributed by atoms with Crippen LogP contribution in [-0.2, 0) is 22.4 Å². The van der Waals surface area contributed by atoms with Gasteiger partial charge in [0.15, 0.2) is 0 Å². The zero-order valence-corrected chi connectivity index (χ0v) is 15.1. The van der Waals surface area contributed by atoms with Gasteiger partial charge in [-0.2, -0.15) is 0 Å². The van der Waals surface area contributed by atoms with E-state index in [1.54, 1.807) is 0 Å². The van der Waals surface area contributed by atoms with Crippen LogP contribution >= 0.6 is 23.1 Å². The number of methoxy groups -OCH3 is 1. The third-order valence-electron chi connectivity index (χ3n) is 4.64. The van der Waals surface area contributed by atoms with Gasteiger partial charge in [0, 0.05) is 16.2 Å². The molecule has 4 rings (SSSR count). The van der Waals surface area contributed by atoms with E-state index in [1.165, 1.54) is 54.0 Å². The molecular weight excluding hydrogens is 328 g/mol. The number of hydrogen-bond acceptors (Lipinski definition) is 6. The van der Waals surface area contributed by atoms with Crippen molar-refractivity contribution in [2.45, 2.75) is 50.0 Å². The highest BCUT2D eigenvalue weighted by atomic mass is 32.2. The minimum Gasteiger partial charge on any atom is -0.468 e. The smallest absolute Gasteiger partial charge is 0.316 e. The summed E-state index contributed by atoms with van der Waals surface area (Å²) in [6, 6.07) is 0. The molecule has 0 unspecified atom stereocenters. The molecule has 0 saturated heterocycles. The van der Waals surface area contributed by atoms with Crippen molar-refractivity contribution >= 4 is 39.3 Å². The first-order valence-corrected chi connectivity index (χ1v) is 9.97. The lowest BCUT2D eigenvalue weighted by Gasteiger charge is -2.18. The Morgan fingerprint density at radius 1 is 1.35 bits per heavy atom. The molecular formula is C17H20N2O2S2. The molecule has 2 aromatic rings. The van der Waals surface area contributed by atoms with Crippen molar-refractivity contribution in [3.05, 3.63) is 16.3 Å². The number of rotatable bonds is 4. The van der Waals surface area contributed by atoms with Gasteiger partial charge in [0.1, 0.15) is 15.7 Å². The van der Waals surface area contributed by atoms with Crippen molar-refractivity contribution in [1.29, 1.82) is 0 Å². The van der Waals surface area contributed by atoms with E-state index in [9.17, 15) is 4.79 Å². The van der Waals surface area contributed by atoms with Gasteiger partial charge in [-0.3, -0.25) is 4.79 Å². The highest BCUT2D eigenvalue weighted by molar-refractivity contribution is 8.00. The van der Waals surface area contributed by atoms with Gasteiger partial charge in [-0.1, -0.05) is 18.7 Å². The maximum Gasteiger partial charge on any atom is 0.316 e. The van der Waals surface area contributed by atoms with Crippen molar-refractivity contribution < 1.29 is 9.53 Å². The van der Waals surface area contributed by atoms with Crippen molar-refractivity contribution in [3.63, 3.8) is 0 Å². The van der Waals surface area contributed by atoms with Crippen LogP contribution in [0.5, 0.6) is 0 Å². The molecule has 2 aliphatic carbocycles. The van der Waals surface area contributed by atoms with Crippen LogP contribution in [0.1, 0.15) is 48.4 Å². The Balaban J connectivity index is 1.78. The van der Waals surface area contributed by atoms with E-state index in [4.69, 9.17) is 14.7 Å². The fourth-order valence-corrected chi connectivity index (χ4v) is 5.49. The normalized spacial score (nSPS) is 20.5. The molecule has 0 spiro atoms. The number of thiophene rings is 1. The summed E-state index contributed by atoms with van der Waals surface area (Å²) < 4.78 is 4.78. The Morgan fingerprint density at radius 3 is 2.91 bits per heavy atom. The van der Waals surface area contributed by atoms with Gasteiger partial charge in [0.25, 0.3) is 0 Å².